The van der Waals surface area contributed by atoms with Gasteiger partial charge in [0.2, 0.25) is 6.79 Å². The molecule has 2 amide bonds. The van der Waals surface area contributed by atoms with Crippen molar-refractivity contribution in [2.24, 2.45) is 0 Å². The molecule has 0 saturated heterocycles. The summed E-state index contributed by atoms with van der Waals surface area (Å²) in [5, 5.41) is 6.13. The molecule has 1 aromatic carbocycles. The van der Waals surface area contributed by atoms with E-state index in [0.29, 0.717) is 16.2 Å². The van der Waals surface area contributed by atoms with Gasteiger partial charge in [-0.05, 0) is 17.7 Å². The average molecular weight is 356 g/mol. The summed E-state index contributed by atoms with van der Waals surface area (Å²) in [4.78, 5) is 13.5. The van der Waals surface area contributed by atoms with Crippen molar-refractivity contribution < 1.29 is 27.4 Å². The summed E-state index contributed by atoms with van der Waals surface area (Å²) in [5.74, 6) is 1.30. The second-order valence-electron chi connectivity index (χ2n) is 5.49. The zero-order chi connectivity index (χ0) is 18.0. The maximum Gasteiger partial charge on any atom is 0.408 e. The van der Waals surface area contributed by atoms with Gasteiger partial charge in [0.25, 0.3) is 0 Å². The SMILES string of the molecule is CN(Cc1ccc2c(c1)OCO2)C(=O)Nc1ccn(CC(F)(F)F)n1. The molecular formula is C15H15F3N4O3. The fourth-order valence-electron chi connectivity index (χ4n) is 2.29. The Morgan fingerprint density at radius 1 is 1.32 bits per heavy atom. The number of urea groups is 1. The molecule has 1 aliphatic heterocycles. The van der Waals surface area contributed by atoms with Gasteiger partial charge in [-0.3, -0.25) is 10.00 Å². The highest BCUT2D eigenvalue weighted by atomic mass is 19.4. The molecule has 2 heterocycles. The van der Waals surface area contributed by atoms with Crippen LogP contribution in [0.25, 0.3) is 0 Å². The maximum atomic E-state index is 12.3. The van der Waals surface area contributed by atoms with Crippen LogP contribution >= 0.6 is 0 Å². The van der Waals surface area contributed by atoms with E-state index in [1.54, 1.807) is 25.2 Å². The first-order valence-corrected chi connectivity index (χ1v) is 7.31. The summed E-state index contributed by atoms with van der Waals surface area (Å²) < 4.78 is 48.1. The number of amides is 2. The lowest BCUT2D eigenvalue weighted by Gasteiger charge is -2.17. The first kappa shape index (κ1) is 16.9. The van der Waals surface area contributed by atoms with E-state index in [-0.39, 0.29) is 19.2 Å². The number of hydrogen-bond donors (Lipinski definition) is 1. The number of carbonyl (C=O) groups is 1. The van der Waals surface area contributed by atoms with Gasteiger partial charge in [-0.2, -0.15) is 18.3 Å². The number of halogens is 3. The summed E-state index contributed by atoms with van der Waals surface area (Å²) >= 11 is 0. The topological polar surface area (TPSA) is 68.6 Å². The fourth-order valence-corrected chi connectivity index (χ4v) is 2.29. The van der Waals surface area contributed by atoms with Gasteiger partial charge in [0, 0.05) is 25.9 Å². The molecular weight excluding hydrogens is 341 g/mol. The molecule has 0 bridgehead atoms. The van der Waals surface area contributed by atoms with Crippen molar-refractivity contribution in [1.29, 1.82) is 0 Å². The van der Waals surface area contributed by atoms with Gasteiger partial charge < -0.3 is 14.4 Å². The van der Waals surface area contributed by atoms with E-state index in [1.807, 2.05) is 0 Å². The normalized spacial score (nSPS) is 13.0. The van der Waals surface area contributed by atoms with Gasteiger partial charge in [0.1, 0.15) is 6.54 Å². The number of rotatable bonds is 4. The van der Waals surface area contributed by atoms with Crippen LogP contribution in [0, 0.1) is 0 Å². The van der Waals surface area contributed by atoms with Crippen molar-refractivity contribution in [2.45, 2.75) is 19.3 Å². The van der Waals surface area contributed by atoms with Crippen LogP contribution in [0.5, 0.6) is 11.5 Å². The summed E-state index contributed by atoms with van der Waals surface area (Å²) in [6, 6.07) is 6.13. The number of fused-ring (bicyclic) bond motifs is 1. The Balaban J connectivity index is 1.57. The van der Waals surface area contributed by atoms with E-state index in [4.69, 9.17) is 9.47 Å². The van der Waals surface area contributed by atoms with Crippen molar-refractivity contribution in [3.05, 3.63) is 36.0 Å². The summed E-state index contributed by atoms with van der Waals surface area (Å²) in [6.07, 6.45) is -3.22. The smallest absolute Gasteiger partial charge is 0.408 e. The van der Waals surface area contributed by atoms with E-state index < -0.39 is 18.8 Å². The van der Waals surface area contributed by atoms with Crippen molar-refractivity contribution in [3.8, 4) is 11.5 Å². The van der Waals surface area contributed by atoms with Crippen molar-refractivity contribution in [1.82, 2.24) is 14.7 Å². The van der Waals surface area contributed by atoms with Gasteiger partial charge in [0.05, 0.1) is 0 Å². The van der Waals surface area contributed by atoms with E-state index in [2.05, 4.69) is 10.4 Å². The molecule has 0 atom stereocenters. The fraction of sp³-hybridized carbons (Fsp3) is 0.333. The summed E-state index contributed by atoms with van der Waals surface area (Å²) in [6.45, 7) is -0.767. The van der Waals surface area contributed by atoms with Gasteiger partial charge in [-0.1, -0.05) is 6.07 Å². The average Bonchev–Trinajstić information content (AvgIpc) is 3.14. The molecule has 10 heteroatoms. The van der Waals surface area contributed by atoms with Crippen LogP contribution in [0.4, 0.5) is 23.8 Å². The van der Waals surface area contributed by atoms with E-state index in [1.165, 1.54) is 11.0 Å². The number of benzene rings is 1. The summed E-state index contributed by atoms with van der Waals surface area (Å²) in [5.41, 5.74) is 0.824. The van der Waals surface area contributed by atoms with Crippen LogP contribution in [0.15, 0.2) is 30.5 Å². The summed E-state index contributed by atoms with van der Waals surface area (Å²) in [7, 11) is 1.56. The molecule has 7 nitrogen and oxygen atoms in total. The third-order valence-corrected chi connectivity index (χ3v) is 3.42. The van der Waals surface area contributed by atoms with Crippen LogP contribution in [-0.4, -0.2) is 40.7 Å². The molecule has 0 fully saturated rings. The molecule has 1 aromatic heterocycles. The third-order valence-electron chi connectivity index (χ3n) is 3.42. The van der Waals surface area contributed by atoms with Crippen molar-refractivity contribution in [3.63, 3.8) is 0 Å². The molecule has 1 aliphatic rings. The lowest BCUT2D eigenvalue weighted by Crippen LogP contribution is -2.31. The lowest BCUT2D eigenvalue weighted by molar-refractivity contribution is -0.142. The third kappa shape index (κ3) is 4.34. The molecule has 0 unspecified atom stereocenters. The first-order valence-electron chi connectivity index (χ1n) is 7.31. The first-order chi connectivity index (χ1) is 11.8. The van der Waals surface area contributed by atoms with Gasteiger partial charge >= 0.3 is 12.2 Å². The number of hydrogen-bond acceptors (Lipinski definition) is 4. The van der Waals surface area contributed by atoms with Crippen molar-refractivity contribution in [2.75, 3.05) is 19.2 Å². The Bertz CT molecular complexity index is 776. The number of nitrogens with zero attached hydrogens (tertiary/aromatic N) is 3. The minimum absolute atomic E-state index is 0.0480. The van der Waals surface area contributed by atoms with Gasteiger partial charge in [0.15, 0.2) is 17.3 Å². The van der Waals surface area contributed by atoms with Gasteiger partial charge in [-0.15, -0.1) is 0 Å². The molecule has 1 N–H and O–H groups in total. The standard InChI is InChI=1S/C15H15F3N4O3/c1-21(7-10-2-3-11-12(6-10)25-9-24-11)14(23)19-13-4-5-22(20-13)8-15(16,17)18/h2-6H,7-9H2,1H3,(H,19,20,23). The Hall–Kier alpha value is -2.91. The Morgan fingerprint density at radius 3 is 2.84 bits per heavy atom. The van der Waals surface area contributed by atoms with Crippen LogP contribution in [-0.2, 0) is 13.1 Å². The molecule has 0 radical (unpaired) electrons. The largest absolute Gasteiger partial charge is 0.454 e. The highest BCUT2D eigenvalue weighted by Crippen LogP contribution is 2.32. The number of alkyl halides is 3. The highest BCUT2D eigenvalue weighted by Gasteiger charge is 2.28. The molecule has 0 saturated carbocycles. The van der Waals surface area contributed by atoms with Crippen LogP contribution in [0.2, 0.25) is 0 Å². The van der Waals surface area contributed by atoms with Crippen LogP contribution in [0.1, 0.15) is 5.56 Å². The van der Waals surface area contributed by atoms with Crippen molar-refractivity contribution >= 4 is 11.8 Å². The Morgan fingerprint density at radius 2 is 2.08 bits per heavy atom. The van der Waals surface area contributed by atoms with Crippen LogP contribution in [0.3, 0.4) is 0 Å². The molecule has 0 spiro atoms. The van der Waals surface area contributed by atoms with Crippen LogP contribution < -0.4 is 14.8 Å². The molecule has 2 aromatic rings. The van der Waals surface area contributed by atoms with Gasteiger partial charge in [-0.25, -0.2) is 4.79 Å². The predicted octanol–water partition coefficient (Wildman–Crippen LogP) is 2.84. The molecule has 0 aliphatic carbocycles. The second-order valence-corrected chi connectivity index (χ2v) is 5.49. The van der Waals surface area contributed by atoms with E-state index >= 15 is 0 Å². The minimum atomic E-state index is -4.37. The number of anilines is 1. The zero-order valence-electron chi connectivity index (χ0n) is 13.2. The maximum absolute atomic E-state index is 12.3. The predicted molar refractivity (Wildman–Crippen MR) is 81.3 cm³/mol. The molecule has 3 rings (SSSR count). The number of ether oxygens (including phenoxy) is 2. The lowest BCUT2D eigenvalue weighted by atomic mass is 10.2. The second kappa shape index (κ2) is 6.54. The quantitative estimate of drug-likeness (QED) is 0.915. The minimum Gasteiger partial charge on any atom is -0.454 e. The monoisotopic (exact) mass is 356 g/mol. The molecule has 134 valence electrons. The highest BCUT2D eigenvalue weighted by molar-refractivity contribution is 5.88. The van der Waals surface area contributed by atoms with E-state index in [0.717, 1.165) is 11.8 Å². The molecule has 25 heavy (non-hydrogen) atoms. The number of nitrogens with one attached hydrogen (secondary N) is 1. The Kier molecular flexibility index (Phi) is 4.43. The number of aromatic nitrogens is 2. The van der Waals surface area contributed by atoms with E-state index in [9.17, 15) is 18.0 Å². The zero-order valence-corrected chi connectivity index (χ0v) is 13.2. The number of carbonyl (C=O) groups excluding carboxylic acids is 1. The Labute approximate surface area is 140 Å².